The molecule has 2 amide bonds. The number of piperidine rings is 1. The molecule has 6 heteroatoms. The van der Waals surface area contributed by atoms with E-state index in [1.165, 1.54) is 0 Å². The topological polar surface area (TPSA) is 72.9 Å². The third kappa shape index (κ3) is 3.13. The highest BCUT2D eigenvalue weighted by atomic mass is 16.4. The van der Waals surface area contributed by atoms with Crippen molar-refractivity contribution in [1.29, 1.82) is 0 Å². The van der Waals surface area contributed by atoms with Crippen LogP contribution in [0.15, 0.2) is 0 Å². The molecule has 2 fully saturated rings. The zero-order valence-electron chi connectivity index (χ0n) is 10.8. The Kier molecular flexibility index (Phi) is 4.06. The van der Waals surface area contributed by atoms with Crippen molar-refractivity contribution in [3.63, 3.8) is 0 Å². The second kappa shape index (κ2) is 5.56. The van der Waals surface area contributed by atoms with Crippen molar-refractivity contribution >= 4 is 12.0 Å². The molecule has 2 heterocycles. The number of likely N-dealkylation sites (tertiary alicyclic amines) is 2. The van der Waals surface area contributed by atoms with Crippen molar-refractivity contribution in [2.75, 3.05) is 39.8 Å². The number of aliphatic carboxylic acids is 1. The van der Waals surface area contributed by atoms with Gasteiger partial charge in [-0.05, 0) is 38.9 Å². The Morgan fingerprint density at radius 2 is 1.89 bits per heavy atom. The monoisotopic (exact) mass is 255 g/mol. The van der Waals surface area contributed by atoms with E-state index >= 15 is 0 Å². The maximum atomic E-state index is 11.7. The van der Waals surface area contributed by atoms with Crippen LogP contribution in [0.25, 0.3) is 0 Å². The fourth-order valence-electron chi connectivity index (χ4n) is 2.41. The van der Waals surface area contributed by atoms with Gasteiger partial charge < -0.3 is 20.2 Å². The number of rotatable bonds is 3. The summed E-state index contributed by atoms with van der Waals surface area (Å²) in [6.07, 6.45) is 2.24. The van der Waals surface area contributed by atoms with Crippen LogP contribution in [-0.2, 0) is 4.79 Å². The van der Waals surface area contributed by atoms with E-state index in [-0.39, 0.29) is 11.9 Å². The summed E-state index contributed by atoms with van der Waals surface area (Å²) in [6, 6.07) is -0.119. The Hall–Kier alpha value is -1.30. The molecule has 2 aliphatic rings. The molecule has 0 aromatic carbocycles. The molecular formula is C12H21N3O3. The lowest BCUT2D eigenvalue weighted by atomic mass is 9.97. The average Bonchev–Trinajstić information content (AvgIpc) is 2.25. The van der Waals surface area contributed by atoms with E-state index in [2.05, 4.69) is 17.3 Å². The third-order valence-electron chi connectivity index (χ3n) is 3.90. The number of nitrogens with one attached hydrogen (secondary N) is 1. The number of carbonyl (C=O) groups is 2. The molecule has 102 valence electrons. The first kappa shape index (κ1) is 13.1. The van der Waals surface area contributed by atoms with E-state index in [4.69, 9.17) is 5.11 Å². The van der Waals surface area contributed by atoms with Gasteiger partial charge in [0, 0.05) is 19.6 Å². The first-order valence-corrected chi connectivity index (χ1v) is 6.50. The lowest BCUT2D eigenvalue weighted by Crippen LogP contribution is -2.56. The molecule has 0 unspecified atom stereocenters. The Morgan fingerprint density at radius 3 is 2.44 bits per heavy atom. The summed E-state index contributed by atoms with van der Waals surface area (Å²) in [4.78, 5) is 26.2. The molecule has 2 rings (SSSR count). The predicted molar refractivity (Wildman–Crippen MR) is 66.3 cm³/mol. The molecule has 0 aliphatic carbocycles. The highest BCUT2D eigenvalue weighted by Gasteiger charge is 2.35. The molecule has 0 radical (unpaired) electrons. The van der Waals surface area contributed by atoms with Crippen molar-refractivity contribution in [3.05, 3.63) is 0 Å². The number of amides is 2. The van der Waals surface area contributed by atoms with Gasteiger partial charge in [-0.15, -0.1) is 0 Å². The van der Waals surface area contributed by atoms with Crippen LogP contribution in [0, 0.1) is 11.8 Å². The summed E-state index contributed by atoms with van der Waals surface area (Å²) >= 11 is 0. The lowest BCUT2D eigenvalue weighted by Gasteiger charge is -2.37. The Morgan fingerprint density at radius 1 is 1.28 bits per heavy atom. The van der Waals surface area contributed by atoms with Gasteiger partial charge in [0.25, 0.3) is 0 Å². The summed E-state index contributed by atoms with van der Waals surface area (Å²) in [5.74, 6) is -0.629. The van der Waals surface area contributed by atoms with Crippen molar-refractivity contribution < 1.29 is 14.7 Å². The Bertz CT molecular complexity index is 321. The minimum absolute atomic E-state index is 0.119. The largest absolute Gasteiger partial charge is 0.481 e. The number of carbonyl (C=O) groups excluding carboxylic acids is 1. The van der Waals surface area contributed by atoms with Gasteiger partial charge in [-0.25, -0.2) is 4.79 Å². The molecule has 2 N–H and O–H groups in total. The number of hydrogen-bond donors (Lipinski definition) is 2. The van der Waals surface area contributed by atoms with Gasteiger partial charge in [0.15, 0.2) is 0 Å². The molecule has 18 heavy (non-hydrogen) atoms. The molecule has 0 aromatic heterocycles. The predicted octanol–water partition coefficient (Wildman–Crippen LogP) is 0.0542. The van der Waals surface area contributed by atoms with Crippen LogP contribution in [0.5, 0.6) is 0 Å². The summed E-state index contributed by atoms with van der Waals surface area (Å²) < 4.78 is 0. The number of nitrogens with zero attached hydrogens (tertiary/aromatic N) is 2. The minimum atomic E-state index is -0.811. The molecule has 0 bridgehead atoms. The number of carboxylic acids is 1. The molecule has 2 saturated heterocycles. The van der Waals surface area contributed by atoms with Crippen LogP contribution in [0.4, 0.5) is 4.79 Å². The standard InChI is InChI=1S/C12H21N3O3/c1-14-4-2-9(3-5-14)6-13-12(18)15-7-10(8-15)11(16)17/h9-10H,2-8H2,1H3,(H,13,18)(H,16,17). The summed E-state index contributed by atoms with van der Waals surface area (Å²) in [6.45, 7) is 3.57. The SMILES string of the molecule is CN1CCC(CNC(=O)N2CC(C(=O)O)C2)CC1. The zero-order chi connectivity index (χ0) is 13.1. The molecule has 0 atom stereocenters. The average molecular weight is 255 g/mol. The number of hydrogen-bond acceptors (Lipinski definition) is 3. The second-order valence-corrected chi connectivity index (χ2v) is 5.37. The second-order valence-electron chi connectivity index (χ2n) is 5.37. The Balaban J connectivity index is 1.62. The molecule has 0 spiro atoms. The third-order valence-corrected chi connectivity index (χ3v) is 3.90. The molecule has 0 saturated carbocycles. The van der Waals surface area contributed by atoms with Crippen molar-refractivity contribution in [3.8, 4) is 0 Å². The summed E-state index contributed by atoms with van der Waals surface area (Å²) in [5.41, 5.74) is 0. The summed E-state index contributed by atoms with van der Waals surface area (Å²) in [5, 5.41) is 11.6. The molecular weight excluding hydrogens is 234 g/mol. The van der Waals surface area contributed by atoms with Gasteiger partial charge in [0.1, 0.15) is 0 Å². The lowest BCUT2D eigenvalue weighted by molar-refractivity contribution is -0.146. The maximum absolute atomic E-state index is 11.7. The highest BCUT2D eigenvalue weighted by molar-refractivity contribution is 5.79. The maximum Gasteiger partial charge on any atom is 0.317 e. The fraction of sp³-hybridized carbons (Fsp3) is 0.833. The zero-order valence-corrected chi connectivity index (χ0v) is 10.8. The van der Waals surface area contributed by atoms with Gasteiger partial charge in [-0.2, -0.15) is 0 Å². The van der Waals surface area contributed by atoms with Crippen LogP contribution in [-0.4, -0.2) is 66.7 Å². The Labute approximate surface area is 107 Å². The van der Waals surface area contributed by atoms with Gasteiger partial charge in [0.05, 0.1) is 5.92 Å². The number of urea groups is 1. The smallest absolute Gasteiger partial charge is 0.317 e. The van der Waals surface area contributed by atoms with Gasteiger partial charge in [0.2, 0.25) is 0 Å². The van der Waals surface area contributed by atoms with Gasteiger partial charge >= 0.3 is 12.0 Å². The van der Waals surface area contributed by atoms with E-state index in [0.29, 0.717) is 25.6 Å². The van der Waals surface area contributed by atoms with Gasteiger partial charge in [-0.3, -0.25) is 4.79 Å². The highest BCUT2D eigenvalue weighted by Crippen LogP contribution is 2.17. The minimum Gasteiger partial charge on any atom is -0.481 e. The van der Waals surface area contributed by atoms with E-state index in [9.17, 15) is 9.59 Å². The van der Waals surface area contributed by atoms with E-state index < -0.39 is 5.97 Å². The van der Waals surface area contributed by atoms with Crippen LogP contribution < -0.4 is 5.32 Å². The van der Waals surface area contributed by atoms with Crippen molar-refractivity contribution in [2.24, 2.45) is 11.8 Å². The molecule has 2 aliphatic heterocycles. The van der Waals surface area contributed by atoms with E-state index in [1.54, 1.807) is 4.90 Å². The normalized spacial score (nSPS) is 22.6. The number of carboxylic acid groups (broad SMARTS) is 1. The fourth-order valence-corrected chi connectivity index (χ4v) is 2.41. The molecule has 6 nitrogen and oxygen atoms in total. The van der Waals surface area contributed by atoms with Crippen molar-refractivity contribution in [1.82, 2.24) is 15.1 Å². The molecule has 0 aromatic rings. The van der Waals surface area contributed by atoms with Crippen LogP contribution in [0.2, 0.25) is 0 Å². The van der Waals surface area contributed by atoms with Crippen molar-refractivity contribution in [2.45, 2.75) is 12.8 Å². The first-order valence-electron chi connectivity index (χ1n) is 6.50. The van der Waals surface area contributed by atoms with E-state index in [0.717, 1.165) is 25.9 Å². The summed E-state index contributed by atoms with van der Waals surface area (Å²) in [7, 11) is 2.11. The first-order chi connectivity index (χ1) is 8.56. The van der Waals surface area contributed by atoms with Gasteiger partial charge in [-0.1, -0.05) is 0 Å². The van der Waals surface area contributed by atoms with Crippen LogP contribution >= 0.6 is 0 Å². The van der Waals surface area contributed by atoms with Crippen LogP contribution in [0.3, 0.4) is 0 Å². The van der Waals surface area contributed by atoms with E-state index in [1.807, 2.05) is 0 Å². The quantitative estimate of drug-likeness (QED) is 0.747. The van der Waals surface area contributed by atoms with Crippen LogP contribution in [0.1, 0.15) is 12.8 Å².